The van der Waals surface area contributed by atoms with E-state index in [9.17, 15) is 9.59 Å². The minimum atomic E-state index is -0.296. The smallest absolute Gasteiger partial charge is 0.306 e. The van der Waals surface area contributed by atoms with Crippen molar-refractivity contribution in [2.45, 2.75) is 28.7 Å². The number of ether oxygens (including phenoxy) is 1. The highest BCUT2D eigenvalue weighted by Crippen LogP contribution is 2.44. The number of esters is 1. The highest BCUT2D eigenvalue weighted by Gasteiger charge is 2.29. The number of aromatic nitrogens is 1. The summed E-state index contributed by atoms with van der Waals surface area (Å²) >= 11 is 14.0. The van der Waals surface area contributed by atoms with Crippen molar-refractivity contribution in [1.82, 2.24) is 4.98 Å². The lowest BCUT2D eigenvalue weighted by molar-refractivity contribution is -0.143. The third-order valence-electron chi connectivity index (χ3n) is 6.18. The maximum Gasteiger partial charge on any atom is 0.306 e. The molecule has 3 aromatic carbocycles. The lowest BCUT2D eigenvalue weighted by Crippen LogP contribution is -2.13. The van der Waals surface area contributed by atoms with Crippen molar-refractivity contribution in [3.8, 4) is 11.1 Å². The van der Waals surface area contributed by atoms with Crippen molar-refractivity contribution in [2.75, 3.05) is 6.61 Å². The van der Waals surface area contributed by atoms with E-state index in [4.69, 9.17) is 27.9 Å². The summed E-state index contributed by atoms with van der Waals surface area (Å²) in [4.78, 5) is 29.2. The fourth-order valence-corrected chi connectivity index (χ4v) is 6.15. The standard InChI is InChI=1S/C29H21Cl2NO3S/c30-20-14-18(28(26(31)15-20)36-29-19(16-33)6-5-13-32-29)11-12-27(34)35-17-25-23-9-3-1-7-21(23)22-8-2-4-10-24(22)25/h1-10,13-16,25H,11-12,17H2. The Morgan fingerprint density at radius 1 is 0.972 bits per heavy atom. The molecule has 0 N–H and O–H groups in total. The maximum atomic E-state index is 12.8. The van der Waals surface area contributed by atoms with Crippen LogP contribution in [0.3, 0.4) is 0 Å². The van der Waals surface area contributed by atoms with Crippen LogP contribution in [0.15, 0.2) is 88.9 Å². The molecule has 0 fully saturated rings. The first kappa shape index (κ1) is 24.6. The Hall–Kier alpha value is -3.12. The largest absolute Gasteiger partial charge is 0.465 e. The number of rotatable bonds is 8. The third kappa shape index (κ3) is 5.05. The molecule has 7 heteroatoms. The minimum Gasteiger partial charge on any atom is -0.465 e. The molecule has 0 saturated heterocycles. The molecular formula is C29H21Cl2NO3S. The SMILES string of the molecule is O=Cc1cccnc1Sc1c(Cl)cc(Cl)cc1CCC(=O)OCC1c2ccccc2-c2ccccc21. The van der Waals surface area contributed by atoms with Gasteiger partial charge in [0.25, 0.3) is 0 Å². The zero-order valence-corrected chi connectivity index (χ0v) is 21.4. The van der Waals surface area contributed by atoms with E-state index in [1.165, 1.54) is 34.0 Å². The van der Waals surface area contributed by atoms with Crippen LogP contribution < -0.4 is 0 Å². The molecule has 1 aliphatic carbocycles. The molecule has 180 valence electrons. The van der Waals surface area contributed by atoms with Gasteiger partial charge in [0.15, 0.2) is 6.29 Å². The number of hydrogen-bond acceptors (Lipinski definition) is 5. The van der Waals surface area contributed by atoms with Crippen LogP contribution in [0.4, 0.5) is 0 Å². The number of nitrogens with zero attached hydrogens (tertiary/aromatic N) is 1. The molecule has 0 amide bonds. The number of hydrogen-bond donors (Lipinski definition) is 0. The molecule has 4 aromatic rings. The van der Waals surface area contributed by atoms with Crippen molar-refractivity contribution >= 4 is 47.2 Å². The average Bonchev–Trinajstić information content (AvgIpc) is 3.22. The summed E-state index contributed by atoms with van der Waals surface area (Å²) in [7, 11) is 0. The highest BCUT2D eigenvalue weighted by molar-refractivity contribution is 7.99. The van der Waals surface area contributed by atoms with Gasteiger partial charge in [-0.05, 0) is 58.5 Å². The predicted octanol–water partition coefficient (Wildman–Crippen LogP) is 7.64. The Kier molecular flexibility index (Phi) is 7.42. The van der Waals surface area contributed by atoms with E-state index in [0.29, 0.717) is 32.0 Å². The van der Waals surface area contributed by atoms with Crippen LogP contribution in [0.1, 0.15) is 39.4 Å². The second kappa shape index (κ2) is 10.9. The van der Waals surface area contributed by atoms with Gasteiger partial charge in [-0.2, -0.15) is 0 Å². The first-order valence-corrected chi connectivity index (χ1v) is 13.0. The molecule has 1 aromatic heterocycles. The van der Waals surface area contributed by atoms with Gasteiger partial charge in [0.2, 0.25) is 0 Å². The van der Waals surface area contributed by atoms with Gasteiger partial charge < -0.3 is 4.74 Å². The summed E-state index contributed by atoms with van der Waals surface area (Å²) in [5.41, 5.74) is 5.99. The molecule has 0 radical (unpaired) electrons. The van der Waals surface area contributed by atoms with Crippen molar-refractivity contribution in [1.29, 1.82) is 0 Å². The van der Waals surface area contributed by atoms with Crippen molar-refractivity contribution in [3.05, 3.63) is 111 Å². The van der Waals surface area contributed by atoms with Crippen LogP contribution in [0.5, 0.6) is 0 Å². The van der Waals surface area contributed by atoms with Gasteiger partial charge in [-0.25, -0.2) is 4.98 Å². The Bertz CT molecular complexity index is 1410. The number of fused-ring (bicyclic) bond motifs is 3. The quantitative estimate of drug-likeness (QED) is 0.172. The normalized spacial score (nSPS) is 12.2. The molecule has 0 unspecified atom stereocenters. The van der Waals surface area contributed by atoms with E-state index < -0.39 is 0 Å². The van der Waals surface area contributed by atoms with Crippen LogP contribution in [0.25, 0.3) is 11.1 Å². The van der Waals surface area contributed by atoms with Crippen molar-refractivity contribution in [3.63, 3.8) is 0 Å². The van der Waals surface area contributed by atoms with E-state index in [1.807, 2.05) is 24.3 Å². The second-order valence-electron chi connectivity index (χ2n) is 8.40. The maximum absolute atomic E-state index is 12.8. The van der Waals surface area contributed by atoms with Gasteiger partial charge in [-0.1, -0.05) is 83.5 Å². The molecule has 0 aliphatic heterocycles. The molecule has 0 saturated carbocycles. The number of carbonyl (C=O) groups excluding carboxylic acids is 2. The molecule has 1 aliphatic rings. The lowest BCUT2D eigenvalue weighted by atomic mass is 9.98. The number of carbonyl (C=O) groups is 2. The predicted molar refractivity (Wildman–Crippen MR) is 143 cm³/mol. The van der Waals surface area contributed by atoms with E-state index in [-0.39, 0.29) is 24.9 Å². The van der Waals surface area contributed by atoms with E-state index in [0.717, 1.165) is 11.8 Å². The second-order valence-corrected chi connectivity index (χ2v) is 10.2. The first-order chi connectivity index (χ1) is 17.5. The van der Waals surface area contributed by atoms with Gasteiger partial charge in [0.1, 0.15) is 11.6 Å². The van der Waals surface area contributed by atoms with E-state index in [2.05, 4.69) is 29.2 Å². The third-order valence-corrected chi connectivity index (χ3v) is 8.03. The fraction of sp³-hybridized carbons (Fsp3) is 0.138. The summed E-state index contributed by atoms with van der Waals surface area (Å²) in [6, 6.07) is 23.3. The number of pyridine rings is 1. The van der Waals surface area contributed by atoms with Gasteiger partial charge in [-0.15, -0.1) is 0 Å². The first-order valence-electron chi connectivity index (χ1n) is 11.4. The monoisotopic (exact) mass is 533 g/mol. The number of aldehydes is 1. The van der Waals surface area contributed by atoms with Gasteiger partial charge >= 0.3 is 5.97 Å². The molecule has 0 atom stereocenters. The van der Waals surface area contributed by atoms with Crippen molar-refractivity contribution in [2.24, 2.45) is 0 Å². The highest BCUT2D eigenvalue weighted by atomic mass is 35.5. The van der Waals surface area contributed by atoms with Crippen LogP contribution in [0.2, 0.25) is 10.0 Å². The molecule has 5 rings (SSSR count). The Balaban J connectivity index is 1.29. The lowest BCUT2D eigenvalue weighted by Gasteiger charge is -2.15. The minimum absolute atomic E-state index is 0.0130. The fourth-order valence-electron chi connectivity index (χ4n) is 4.51. The van der Waals surface area contributed by atoms with Crippen LogP contribution in [0, 0.1) is 0 Å². The summed E-state index contributed by atoms with van der Waals surface area (Å²) in [6.07, 6.45) is 2.94. The molecule has 4 nitrogen and oxygen atoms in total. The molecule has 0 spiro atoms. The Labute approximate surface area is 223 Å². The van der Waals surface area contributed by atoms with Crippen LogP contribution in [-0.4, -0.2) is 23.8 Å². The van der Waals surface area contributed by atoms with Crippen molar-refractivity contribution < 1.29 is 14.3 Å². The average molecular weight is 534 g/mol. The zero-order chi connectivity index (χ0) is 25.1. The van der Waals surface area contributed by atoms with Gasteiger partial charge in [-0.3, -0.25) is 9.59 Å². The number of aryl methyl sites for hydroxylation is 1. The summed E-state index contributed by atoms with van der Waals surface area (Å²) in [5, 5.41) is 1.46. The molecule has 1 heterocycles. The topological polar surface area (TPSA) is 56.3 Å². The summed E-state index contributed by atoms with van der Waals surface area (Å²) in [5.74, 6) is -0.283. The zero-order valence-electron chi connectivity index (χ0n) is 19.1. The number of halogens is 2. The Morgan fingerprint density at radius 3 is 2.36 bits per heavy atom. The van der Waals surface area contributed by atoms with Gasteiger partial charge in [0, 0.05) is 34.0 Å². The van der Waals surface area contributed by atoms with E-state index >= 15 is 0 Å². The van der Waals surface area contributed by atoms with Crippen LogP contribution in [-0.2, 0) is 16.0 Å². The molecule has 36 heavy (non-hydrogen) atoms. The Morgan fingerprint density at radius 2 is 1.67 bits per heavy atom. The molecular weight excluding hydrogens is 513 g/mol. The van der Waals surface area contributed by atoms with E-state index in [1.54, 1.807) is 30.5 Å². The van der Waals surface area contributed by atoms with Gasteiger partial charge in [0.05, 0.1) is 5.02 Å². The summed E-state index contributed by atoms with van der Waals surface area (Å²) < 4.78 is 5.75. The van der Waals surface area contributed by atoms with Crippen LogP contribution >= 0.6 is 35.0 Å². The molecule has 0 bridgehead atoms. The number of benzene rings is 3. The summed E-state index contributed by atoms with van der Waals surface area (Å²) in [6.45, 7) is 0.279.